The molecule has 26 heavy (non-hydrogen) atoms. The van der Waals surface area contributed by atoms with E-state index in [2.05, 4.69) is 5.32 Å². The van der Waals surface area contributed by atoms with E-state index < -0.39 is 25.9 Å². The van der Waals surface area contributed by atoms with Crippen LogP contribution in [0.2, 0.25) is 19.6 Å². The van der Waals surface area contributed by atoms with Crippen molar-refractivity contribution in [3.05, 3.63) is 29.8 Å². The average molecular weight is 398 g/mol. The van der Waals surface area contributed by atoms with Crippen LogP contribution in [0.25, 0.3) is 0 Å². The summed E-state index contributed by atoms with van der Waals surface area (Å²) in [6, 6.07) is 5.86. The van der Waals surface area contributed by atoms with Crippen LogP contribution >= 0.6 is 11.6 Å². The van der Waals surface area contributed by atoms with Crippen molar-refractivity contribution >= 4 is 38.1 Å². The zero-order valence-electron chi connectivity index (χ0n) is 15.4. The predicted octanol–water partition coefficient (Wildman–Crippen LogP) is 2.76. The molecule has 0 spiro atoms. The molecule has 0 bridgehead atoms. The lowest BCUT2D eigenvalue weighted by atomic mass is 9.82. The fraction of sp³-hybridized carbons (Fsp3) is 0.500. The van der Waals surface area contributed by atoms with E-state index in [1.54, 1.807) is 31.2 Å². The second kappa shape index (κ2) is 7.80. The summed E-state index contributed by atoms with van der Waals surface area (Å²) in [6.07, 6.45) is 0.306. The molecule has 1 aromatic rings. The van der Waals surface area contributed by atoms with Gasteiger partial charge in [0.2, 0.25) is 14.2 Å². The summed E-state index contributed by atoms with van der Waals surface area (Å²) >= 11 is 5.78. The Balaban J connectivity index is 2.34. The molecule has 1 heterocycles. The van der Waals surface area contributed by atoms with Gasteiger partial charge in [-0.05, 0) is 45.1 Å². The van der Waals surface area contributed by atoms with Crippen molar-refractivity contribution in [3.63, 3.8) is 0 Å². The zero-order chi connectivity index (χ0) is 19.5. The lowest BCUT2D eigenvalue weighted by molar-refractivity contribution is -0.147. The lowest BCUT2D eigenvalue weighted by Crippen LogP contribution is -2.50. The normalized spacial score (nSPS) is 25.5. The Morgan fingerprint density at radius 1 is 1.38 bits per heavy atom. The molecule has 1 fully saturated rings. The van der Waals surface area contributed by atoms with Crippen LogP contribution in [0, 0.1) is 5.92 Å². The van der Waals surface area contributed by atoms with Crippen molar-refractivity contribution in [1.29, 1.82) is 0 Å². The van der Waals surface area contributed by atoms with Gasteiger partial charge in [-0.15, -0.1) is 11.6 Å². The van der Waals surface area contributed by atoms with Crippen LogP contribution in [0.3, 0.4) is 0 Å². The van der Waals surface area contributed by atoms with Gasteiger partial charge in [0.1, 0.15) is 17.4 Å². The molecule has 1 aliphatic heterocycles. The van der Waals surface area contributed by atoms with Crippen molar-refractivity contribution < 1.29 is 23.5 Å². The van der Waals surface area contributed by atoms with Crippen molar-refractivity contribution in [2.75, 3.05) is 5.88 Å². The highest BCUT2D eigenvalue weighted by Crippen LogP contribution is 2.36. The van der Waals surface area contributed by atoms with Crippen molar-refractivity contribution in [1.82, 2.24) is 5.32 Å². The zero-order valence-corrected chi connectivity index (χ0v) is 17.1. The van der Waals surface area contributed by atoms with Crippen LogP contribution in [-0.4, -0.2) is 44.0 Å². The topological polar surface area (TPSA) is 81.7 Å². The molecule has 3 atom stereocenters. The number of carbonyl (C=O) groups excluding carboxylic acids is 3. The first kappa shape index (κ1) is 20.4. The summed E-state index contributed by atoms with van der Waals surface area (Å²) < 4.78 is 11.2. The number of ether oxygens (including phenoxy) is 1. The molecular weight excluding hydrogens is 374 g/mol. The second-order valence-electron chi connectivity index (χ2n) is 7.48. The minimum Gasteiger partial charge on any atom is -0.544 e. The third-order valence-electron chi connectivity index (χ3n) is 4.37. The summed E-state index contributed by atoms with van der Waals surface area (Å²) in [5.41, 5.74) is -0.904. The summed E-state index contributed by atoms with van der Waals surface area (Å²) in [5, 5.41) is 2.67. The molecular formula is C18H24ClNO5Si. The molecule has 0 saturated carbocycles. The molecule has 0 aromatic heterocycles. The second-order valence-corrected chi connectivity index (χ2v) is 12.3. The van der Waals surface area contributed by atoms with Gasteiger partial charge in [-0.3, -0.25) is 14.4 Å². The lowest BCUT2D eigenvalue weighted by Gasteiger charge is -2.31. The number of rotatable bonds is 8. The number of amides is 1. The van der Waals surface area contributed by atoms with Crippen LogP contribution in [0.4, 0.5) is 0 Å². The first-order valence-electron chi connectivity index (χ1n) is 8.43. The number of alkyl halides is 1. The Morgan fingerprint density at radius 3 is 2.65 bits per heavy atom. The van der Waals surface area contributed by atoms with Crippen molar-refractivity contribution in [2.45, 2.75) is 44.6 Å². The molecule has 1 saturated heterocycles. The highest BCUT2D eigenvalue weighted by Gasteiger charge is 2.56. The highest BCUT2D eigenvalue weighted by molar-refractivity contribution is 6.70. The minimum atomic E-state index is -1.83. The maximum atomic E-state index is 13.1. The molecule has 1 aliphatic rings. The van der Waals surface area contributed by atoms with Crippen molar-refractivity contribution in [3.8, 4) is 5.75 Å². The smallest absolute Gasteiger partial charge is 0.293 e. The van der Waals surface area contributed by atoms with E-state index in [1.165, 1.54) is 0 Å². The first-order chi connectivity index (χ1) is 12.1. The number of halogens is 1. The van der Waals surface area contributed by atoms with Gasteiger partial charge in [-0.1, -0.05) is 12.1 Å². The Kier molecular flexibility index (Phi) is 6.13. The van der Waals surface area contributed by atoms with Gasteiger partial charge in [0.15, 0.2) is 5.78 Å². The van der Waals surface area contributed by atoms with E-state index in [-0.39, 0.29) is 24.0 Å². The van der Waals surface area contributed by atoms with E-state index in [1.807, 2.05) is 19.6 Å². The van der Waals surface area contributed by atoms with Crippen LogP contribution < -0.4 is 9.74 Å². The fourth-order valence-corrected chi connectivity index (χ4v) is 4.24. The van der Waals surface area contributed by atoms with Gasteiger partial charge < -0.3 is 14.5 Å². The Labute approximate surface area is 159 Å². The number of benzene rings is 1. The maximum Gasteiger partial charge on any atom is 0.293 e. The Bertz CT molecular complexity index is 705. The molecule has 0 radical (unpaired) electrons. The summed E-state index contributed by atoms with van der Waals surface area (Å²) in [7, 11) is -1.83. The van der Waals surface area contributed by atoms with E-state index in [0.29, 0.717) is 17.7 Å². The summed E-state index contributed by atoms with van der Waals surface area (Å²) in [5.74, 6) is -0.532. The number of ketones is 1. The molecule has 0 unspecified atom stereocenters. The van der Waals surface area contributed by atoms with Gasteiger partial charge in [0.25, 0.3) is 6.47 Å². The average Bonchev–Trinajstić information content (AvgIpc) is 2.78. The van der Waals surface area contributed by atoms with Crippen LogP contribution in [0.15, 0.2) is 24.3 Å². The summed E-state index contributed by atoms with van der Waals surface area (Å²) in [4.78, 5) is 36.4. The number of nitrogens with one attached hydrogen (secondary N) is 1. The van der Waals surface area contributed by atoms with Gasteiger partial charge in [0.05, 0.1) is 5.92 Å². The monoisotopic (exact) mass is 397 g/mol. The third kappa shape index (κ3) is 4.27. The van der Waals surface area contributed by atoms with Gasteiger partial charge in [0, 0.05) is 11.4 Å². The quantitative estimate of drug-likeness (QED) is 0.315. The predicted molar refractivity (Wildman–Crippen MR) is 101 cm³/mol. The van der Waals surface area contributed by atoms with Crippen LogP contribution in [0.5, 0.6) is 5.75 Å². The van der Waals surface area contributed by atoms with E-state index >= 15 is 0 Å². The van der Waals surface area contributed by atoms with Gasteiger partial charge in [-0.2, -0.15) is 0 Å². The standard InChI is InChI=1S/C18H24ClNO5Si/c1-18(24-11-21)14(8-9-19)17(23)20-16(18)15(22)12-6-5-7-13(10-12)25-26(2,3)4/h5-7,10-11,14,16H,8-9H2,1-4H3,(H,20,23)/t14-,16+,18-/m0/s1. The molecule has 1 amide bonds. The van der Waals surface area contributed by atoms with Crippen LogP contribution in [0.1, 0.15) is 23.7 Å². The molecule has 0 aliphatic carbocycles. The SMILES string of the molecule is C[C@@]1(OC=O)[C@@H](C(=O)c2cccc(O[Si](C)(C)C)c2)NC(=O)[C@@H]1CCCl. The number of carbonyl (C=O) groups is 3. The molecule has 1 N–H and O–H groups in total. The van der Waals surface area contributed by atoms with E-state index in [4.69, 9.17) is 20.8 Å². The van der Waals surface area contributed by atoms with Gasteiger partial charge in [-0.25, -0.2) is 0 Å². The third-order valence-corrected chi connectivity index (χ3v) is 5.44. The van der Waals surface area contributed by atoms with E-state index in [9.17, 15) is 14.4 Å². The number of hydrogen-bond donors (Lipinski definition) is 1. The van der Waals surface area contributed by atoms with Crippen LogP contribution in [-0.2, 0) is 14.3 Å². The first-order valence-corrected chi connectivity index (χ1v) is 12.4. The number of Topliss-reactive ketones (excluding diaryl/α,β-unsaturated/α-hetero) is 1. The molecule has 8 heteroatoms. The van der Waals surface area contributed by atoms with E-state index in [0.717, 1.165) is 0 Å². The summed E-state index contributed by atoms with van der Waals surface area (Å²) in [6.45, 7) is 7.99. The van der Waals surface area contributed by atoms with Crippen molar-refractivity contribution in [2.24, 2.45) is 5.92 Å². The van der Waals surface area contributed by atoms with Gasteiger partial charge >= 0.3 is 0 Å². The molecule has 1 aromatic carbocycles. The molecule has 2 rings (SSSR count). The fourth-order valence-electron chi connectivity index (χ4n) is 3.19. The Morgan fingerprint density at radius 2 is 2.08 bits per heavy atom. The Hall–Kier alpha value is -1.86. The highest BCUT2D eigenvalue weighted by atomic mass is 35.5. The largest absolute Gasteiger partial charge is 0.544 e. The number of hydrogen-bond acceptors (Lipinski definition) is 5. The maximum absolute atomic E-state index is 13.1. The molecule has 142 valence electrons. The minimum absolute atomic E-state index is 0.219. The molecule has 6 nitrogen and oxygen atoms in total.